The Morgan fingerprint density at radius 2 is 1.74 bits per heavy atom. The van der Waals surface area contributed by atoms with Crippen LogP contribution in [0.4, 0.5) is 0 Å². The van der Waals surface area contributed by atoms with Crippen molar-refractivity contribution in [2.45, 2.75) is 6.92 Å². The number of nitrogen functional groups attached to an aromatic ring is 1. The Balaban J connectivity index is 2.54. The number of carbonyl (C=O) groups excluding carboxylic acids is 1. The summed E-state index contributed by atoms with van der Waals surface area (Å²) in [6.07, 6.45) is 1.42. The Morgan fingerprint density at radius 1 is 1.13 bits per heavy atom. The van der Waals surface area contributed by atoms with E-state index in [1.54, 1.807) is 19.1 Å². The molecule has 8 heteroatoms. The van der Waals surface area contributed by atoms with E-state index in [4.69, 9.17) is 20.1 Å². The highest BCUT2D eigenvalue weighted by Gasteiger charge is 2.17. The largest absolute Gasteiger partial charge is 0.493 e. The molecule has 0 spiro atoms. The number of nitrogens with one attached hydrogen (secondary N) is 1. The summed E-state index contributed by atoms with van der Waals surface area (Å²) >= 11 is 0. The fraction of sp³-hybridized carbons (Fsp3) is 0.267. The molecule has 122 valence electrons. The summed E-state index contributed by atoms with van der Waals surface area (Å²) in [5, 5.41) is 0. The Labute approximate surface area is 133 Å². The SMILES string of the molecule is COc1cc(-c2ncc(C(=O)NN)c(C)n2)cc(OC)c1OC. The van der Waals surface area contributed by atoms with E-state index in [1.165, 1.54) is 27.5 Å². The number of hydrogen-bond acceptors (Lipinski definition) is 7. The molecule has 0 aliphatic heterocycles. The molecule has 3 N–H and O–H groups in total. The molecule has 0 saturated heterocycles. The second-order valence-electron chi connectivity index (χ2n) is 4.58. The number of methoxy groups -OCH3 is 3. The number of benzene rings is 1. The lowest BCUT2D eigenvalue weighted by Crippen LogP contribution is -2.31. The quantitative estimate of drug-likeness (QED) is 0.482. The number of aryl methyl sites for hydroxylation is 1. The van der Waals surface area contributed by atoms with Gasteiger partial charge in [-0.15, -0.1) is 0 Å². The summed E-state index contributed by atoms with van der Waals surface area (Å²) in [4.78, 5) is 20.1. The first kappa shape index (κ1) is 16.5. The molecule has 0 bridgehead atoms. The Hall–Kier alpha value is -2.87. The molecule has 0 radical (unpaired) electrons. The van der Waals surface area contributed by atoms with Crippen LogP contribution >= 0.6 is 0 Å². The van der Waals surface area contributed by atoms with Crippen LogP contribution < -0.4 is 25.5 Å². The molecule has 1 amide bonds. The summed E-state index contributed by atoms with van der Waals surface area (Å²) in [5.74, 6) is 6.57. The highest BCUT2D eigenvalue weighted by Crippen LogP contribution is 2.40. The molecular weight excluding hydrogens is 300 g/mol. The van der Waals surface area contributed by atoms with E-state index in [1.807, 2.05) is 0 Å². The van der Waals surface area contributed by atoms with Crippen LogP contribution in [-0.4, -0.2) is 37.2 Å². The van der Waals surface area contributed by atoms with Gasteiger partial charge in [0.25, 0.3) is 5.91 Å². The summed E-state index contributed by atoms with van der Waals surface area (Å²) < 4.78 is 15.9. The molecule has 0 unspecified atom stereocenters. The van der Waals surface area contributed by atoms with Crippen molar-refractivity contribution >= 4 is 5.91 Å². The zero-order valence-electron chi connectivity index (χ0n) is 13.3. The van der Waals surface area contributed by atoms with Crippen LogP contribution in [0, 0.1) is 6.92 Å². The minimum Gasteiger partial charge on any atom is -0.493 e. The maximum absolute atomic E-state index is 11.6. The first-order valence-electron chi connectivity index (χ1n) is 6.70. The highest BCUT2D eigenvalue weighted by atomic mass is 16.5. The number of aromatic nitrogens is 2. The number of nitrogens with zero attached hydrogens (tertiary/aromatic N) is 2. The van der Waals surface area contributed by atoms with E-state index >= 15 is 0 Å². The molecule has 0 fully saturated rings. The van der Waals surface area contributed by atoms with Crippen molar-refractivity contribution in [2.24, 2.45) is 5.84 Å². The van der Waals surface area contributed by atoms with Gasteiger partial charge in [-0.2, -0.15) is 0 Å². The third-order valence-electron chi connectivity index (χ3n) is 3.28. The Morgan fingerprint density at radius 3 is 2.17 bits per heavy atom. The van der Waals surface area contributed by atoms with Crippen molar-refractivity contribution in [3.05, 3.63) is 29.6 Å². The Bertz CT molecular complexity index is 708. The topological polar surface area (TPSA) is 109 Å². The van der Waals surface area contributed by atoms with E-state index in [0.717, 1.165) is 0 Å². The normalized spacial score (nSPS) is 10.1. The maximum Gasteiger partial charge on any atom is 0.268 e. The molecule has 1 heterocycles. The molecular formula is C15H18N4O4. The molecule has 8 nitrogen and oxygen atoms in total. The molecule has 0 saturated carbocycles. The average molecular weight is 318 g/mol. The molecule has 1 aromatic heterocycles. The third kappa shape index (κ3) is 3.16. The van der Waals surface area contributed by atoms with Crippen molar-refractivity contribution in [3.8, 4) is 28.6 Å². The van der Waals surface area contributed by atoms with Crippen LogP contribution in [-0.2, 0) is 0 Å². The van der Waals surface area contributed by atoms with Gasteiger partial charge in [-0.25, -0.2) is 15.8 Å². The van der Waals surface area contributed by atoms with Crippen molar-refractivity contribution < 1.29 is 19.0 Å². The highest BCUT2D eigenvalue weighted by molar-refractivity contribution is 5.94. The van der Waals surface area contributed by atoms with Gasteiger partial charge in [-0.05, 0) is 19.1 Å². The van der Waals surface area contributed by atoms with Gasteiger partial charge < -0.3 is 14.2 Å². The number of carbonyl (C=O) groups is 1. The minimum absolute atomic E-state index is 0.309. The lowest BCUT2D eigenvalue weighted by Gasteiger charge is -2.14. The second kappa shape index (κ2) is 6.93. The van der Waals surface area contributed by atoms with Crippen LogP contribution in [0.15, 0.2) is 18.3 Å². The van der Waals surface area contributed by atoms with Gasteiger partial charge in [0.05, 0.1) is 32.6 Å². The summed E-state index contributed by atoms with van der Waals surface area (Å²) in [6.45, 7) is 1.70. The van der Waals surface area contributed by atoms with E-state index in [-0.39, 0.29) is 0 Å². The van der Waals surface area contributed by atoms with Crippen LogP contribution in [0.3, 0.4) is 0 Å². The lowest BCUT2D eigenvalue weighted by atomic mass is 10.1. The summed E-state index contributed by atoms with van der Waals surface area (Å²) in [6, 6.07) is 3.47. The summed E-state index contributed by atoms with van der Waals surface area (Å²) in [5.41, 5.74) is 3.54. The van der Waals surface area contributed by atoms with Crippen LogP contribution in [0.1, 0.15) is 16.1 Å². The molecule has 0 aliphatic carbocycles. The predicted molar refractivity (Wildman–Crippen MR) is 83.5 cm³/mol. The zero-order valence-corrected chi connectivity index (χ0v) is 13.3. The number of rotatable bonds is 5. The van der Waals surface area contributed by atoms with Crippen LogP contribution in [0.2, 0.25) is 0 Å². The van der Waals surface area contributed by atoms with Gasteiger partial charge in [0.2, 0.25) is 5.75 Å². The van der Waals surface area contributed by atoms with Gasteiger partial charge in [-0.1, -0.05) is 0 Å². The fourth-order valence-corrected chi connectivity index (χ4v) is 2.12. The fourth-order valence-electron chi connectivity index (χ4n) is 2.12. The van der Waals surface area contributed by atoms with Crippen molar-refractivity contribution in [1.29, 1.82) is 0 Å². The first-order chi connectivity index (χ1) is 11.0. The molecule has 1 aromatic carbocycles. The van der Waals surface area contributed by atoms with Crippen molar-refractivity contribution in [3.63, 3.8) is 0 Å². The Kier molecular flexibility index (Phi) is 4.97. The predicted octanol–water partition coefficient (Wildman–Crippen LogP) is 1.08. The van der Waals surface area contributed by atoms with Gasteiger partial charge >= 0.3 is 0 Å². The number of hydrogen-bond donors (Lipinski definition) is 2. The number of ether oxygens (including phenoxy) is 3. The van der Waals surface area contributed by atoms with E-state index < -0.39 is 5.91 Å². The van der Waals surface area contributed by atoms with Crippen LogP contribution in [0.25, 0.3) is 11.4 Å². The van der Waals surface area contributed by atoms with Gasteiger partial charge in [0, 0.05) is 11.8 Å². The maximum atomic E-state index is 11.6. The van der Waals surface area contributed by atoms with E-state index in [0.29, 0.717) is 39.9 Å². The second-order valence-corrected chi connectivity index (χ2v) is 4.58. The van der Waals surface area contributed by atoms with Crippen LogP contribution in [0.5, 0.6) is 17.2 Å². The van der Waals surface area contributed by atoms with Gasteiger partial charge in [0.1, 0.15) is 0 Å². The van der Waals surface area contributed by atoms with E-state index in [9.17, 15) is 4.79 Å². The first-order valence-corrected chi connectivity index (χ1v) is 6.70. The average Bonchev–Trinajstić information content (AvgIpc) is 2.59. The van der Waals surface area contributed by atoms with Gasteiger partial charge in [0.15, 0.2) is 17.3 Å². The summed E-state index contributed by atoms with van der Waals surface area (Å²) in [7, 11) is 4.59. The zero-order chi connectivity index (χ0) is 17.0. The van der Waals surface area contributed by atoms with Crippen molar-refractivity contribution in [1.82, 2.24) is 15.4 Å². The number of amides is 1. The monoisotopic (exact) mass is 318 g/mol. The molecule has 2 aromatic rings. The number of nitrogens with two attached hydrogens (primary N) is 1. The minimum atomic E-state index is -0.445. The molecule has 2 rings (SSSR count). The third-order valence-corrected chi connectivity index (χ3v) is 3.28. The van der Waals surface area contributed by atoms with E-state index in [2.05, 4.69) is 15.4 Å². The molecule has 23 heavy (non-hydrogen) atoms. The number of hydrazine groups is 1. The van der Waals surface area contributed by atoms with Gasteiger partial charge in [-0.3, -0.25) is 10.2 Å². The van der Waals surface area contributed by atoms with Crippen molar-refractivity contribution in [2.75, 3.05) is 21.3 Å². The smallest absolute Gasteiger partial charge is 0.268 e. The molecule has 0 atom stereocenters. The molecule has 0 aliphatic rings. The lowest BCUT2D eigenvalue weighted by molar-refractivity contribution is 0.0952. The standard InChI is InChI=1S/C15H18N4O4/c1-8-10(15(20)19-16)7-17-14(18-8)9-5-11(21-2)13(23-4)12(6-9)22-3/h5-7H,16H2,1-4H3,(H,19,20).